The molecule has 0 spiro atoms. The second-order valence-corrected chi connectivity index (χ2v) is 6.16. The van der Waals surface area contributed by atoms with Gasteiger partial charge in [0.05, 0.1) is 12.2 Å². The first-order chi connectivity index (χ1) is 11.1. The summed E-state index contributed by atoms with van der Waals surface area (Å²) in [4.78, 5) is 0. The lowest BCUT2D eigenvalue weighted by Crippen LogP contribution is -2.33. The molecule has 2 atom stereocenters. The highest BCUT2D eigenvalue weighted by Crippen LogP contribution is 2.17. The van der Waals surface area contributed by atoms with Crippen LogP contribution in [-0.2, 0) is 6.42 Å². The Hall–Kier alpha value is -1.84. The summed E-state index contributed by atoms with van der Waals surface area (Å²) in [5.74, 6) is 0.907. The first-order valence-corrected chi connectivity index (χ1v) is 8.28. The predicted molar refractivity (Wildman–Crippen MR) is 94.8 cm³/mol. The van der Waals surface area contributed by atoms with E-state index in [2.05, 4.69) is 17.4 Å². The highest BCUT2D eigenvalue weighted by Gasteiger charge is 2.14. The van der Waals surface area contributed by atoms with E-state index in [1.165, 1.54) is 5.56 Å². The van der Waals surface area contributed by atoms with Gasteiger partial charge in [0, 0.05) is 6.04 Å². The smallest absolute Gasteiger partial charge is 0.119 e. The first-order valence-electron chi connectivity index (χ1n) is 8.28. The maximum absolute atomic E-state index is 10.3. The topological polar surface area (TPSA) is 41.5 Å². The van der Waals surface area contributed by atoms with Crippen LogP contribution in [0.2, 0.25) is 0 Å². The number of aliphatic hydroxyl groups is 1. The minimum Gasteiger partial charge on any atom is -0.491 e. The summed E-state index contributed by atoms with van der Waals surface area (Å²) in [7, 11) is 0. The lowest BCUT2D eigenvalue weighted by Gasteiger charge is -2.20. The molecule has 23 heavy (non-hydrogen) atoms. The van der Waals surface area contributed by atoms with Crippen molar-refractivity contribution in [3.05, 3.63) is 65.7 Å². The zero-order chi connectivity index (χ0) is 16.7. The quantitative estimate of drug-likeness (QED) is 0.780. The Morgan fingerprint density at radius 3 is 2.22 bits per heavy atom. The van der Waals surface area contributed by atoms with Crippen molar-refractivity contribution in [1.29, 1.82) is 0 Å². The summed E-state index contributed by atoms with van der Waals surface area (Å²) in [5, 5.41) is 13.7. The van der Waals surface area contributed by atoms with Gasteiger partial charge >= 0.3 is 0 Å². The number of aliphatic hydroxyl groups excluding tert-OH is 1. The van der Waals surface area contributed by atoms with E-state index in [9.17, 15) is 5.11 Å². The maximum atomic E-state index is 10.3. The van der Waals surface area contributed by atoms with Gasteiger partial charge in [-0.1, -0.05) is 42.5 Å². The Bertz CT molecular complexity index is 566. The summed E-state index contributed by atoms with van der Waals surface area (Å²) in [6.07, 6.45) is 0.634. The van der Waals surface area contributed by atoms with E-state index >= 15 is 0 Å². The number of hydrogen-bond donors (Lipinski definition) is 2. The number of benzene rings is 2. The molecule has 2 aromatic carbocycles. The first kappa shape index (κ1) is 17.5. The third-order valence-electron chi connectivity index (χ3n) is 3.79. The van der Waals surface area contributed by atoms with Gasteiger partial charge in [0.2, 0.25) is 0 Å². The maximum Gasteiger partial charge on any atom is 0.119 e. The van der Waals surface area contributed by atoms with Crippen LogP contribution < -0.4 is 10.1 Å². The molecule has 0 aliphatic rings. The monoisotopic (exact) mass is 313 g/mol. The SMILES string of the molecule is CC(C)Oc1ccc(CCN[C@H](C)[C@@H](O)c2ccccc2)cc1. The minimum atomic E-state index is -0.488. The molecular formula is C20H27NO2. The van der Waals surface area contributed by atoms with Gasteiger partial charge in [0.25, 0.3) is 0 Å². The highest BCUT2D eigenvalue weighted by molar-refractivity contribution is 5.27. The van der Waals surface area contributed by atoms with E-state index in [-0.39, 0.29) is 12.1 Å². The van der Waals surface area contributed by atoms with Gasteiger partial charge in [-0.25, -0.2) is 0 Å². The summed E-state index contributed by atoms with van der Waals surface area (Å²) < 4.78 is 5.64. The van der Waals surface area contributed by atoms with Crippen LogP contribution in [0.4, 0.5) is 0 Å². The molecule has 0 saturated carbocycles. The lowest BCUT2D eigenvalue weighted by molar-refractivity contribution is 0.136. The largest absolute Gasteiger partial charge is 0.491 e. The van der Waals surface area contributed by atoms with Crippen molar-refractivity contribution in [3.63, 3.8) is 0 Å². The molecule has 0 bridgehead atoms. The highest BCUT2D eigenvalue weighted by atomic mass is 16.5. The van der Waals surface area contributed by atoms with Gasteiger partial charge in [0.1, 0.15) is 5.75 Å². The fraction of sp³-hybridized carbons (Fsp3) is 0.400. The molecule has 2 aromatic rings. The van der Waals surface area contributed by atoms with E-state index in [1.54, 1.807) is 0 Å². The van der Waals surface area contributed by atoms with Gasteiger partial charge < -0.3 is 15.2 Å². The molecule has 3 heteroatoms. The van der Waals surface area contributed by atoms with Gasteiger partial charge in [-0.05, 0) is 57.0 Å². The van der Waals surface area contributed by atoms with Crippen molar-refractivity contribution >= 4 is 0 Å². The van der Waals surface area contributed by atoms with Crippen LogP contribution in [0.3, 0.4) is 0 Å². The van der Waals surface area contributed by atoms with Crippen molar-refractivity contribution in [2.24, 2.45) is 0 Å². The van der Waals surface area contributed by atoms with E-state index < -0.39 is 6.10 Å². The second kappa shape index (κ2) is 8.70. The third-order valence-corrected chi connectivity index (χ3v) is 3.79. The molecule has 2 N–H and O–H groups in total. The lowest BCUT2D eigenvalue weighted by atomic mass is 10.0. The minimum absolute atomic E-state index is 0.0148. The Kier molecular flexibility index (Phi) is 6.63. The van der Waals surface area contributed by atoms with Crippen LogP contribution in [0, 0.1) is 0 Å². The standard InChI is InChI=1S/C20H27NO2/c1-15(2)23-19-11-9-17(10-12-19)13-14-21-16(3)20(22)18-7-5-4-6-8-18/h4-12,15-16,20-22H,13-14H2,1-3H3/t16-,20-/m1/s1. The average Bonchev–Trinajstić information content (AvgIpc) is 2.56. The molecule has 0 fully saturated rings. The van der Waals surface area contributed by atoms with Crippen molar-refractivity contribution in [1.82, 2.24) is 5.32 Å². The number of rotatable bonds is 8. The third kappa shape index (κ3) is 5.70. The molecule has 0 heterocycles. The van der Waals surface area contributed by atoms with Crippen LogP contribution in [0.25, 0.3) is 0 Å². The van der Waals surface area contributed by atoms with Crippen LogP contribution in [0.5, 0.6) is 5.75 Å². The fourth-order valence-corrected chi connectivity index (χ4v) is 2.50. The van der Waals surface area contributed by atoms with Gasteiger partial charge in [0.15, 0.2) is 0 Å². The summed E-state index contributed by atoms with van der Waals surface area (Å²) in [6.45, 7) is 6.89. The van der Waals surface area contributed by atoms with Crippen LogP contribution in [-0.4, -0.2) is 23.8 Å². The number of hydrogen-bond acceptors (Lipinski definition) is 3. The fourth-order valence-electron chi connectivity index (χ4n) is 2.50. The number of nitrogens with one attached hydrogen (secondary N) is 1. The van der Waals surface area contributed by atoms with E-state index in [4.69, 9.17) is 4.74 Å². The Balaban J connectivity index is 1.78. The van der Waals surface area contributed by atoms with Crippen LogP contribution in [0.15, 0.2) is 54.6 Å². The van der Waals surface area contributed by atoms with E-state index in [1.807, 2.05) is 63.2 Å². The molecule has 0 aliphatic heterocycles. The van der Waals surface area contributed by atoms with Gasteiger partial charge in [-0.15, -0.1) is 0 Å². The van der Waals surface area contributed by atoms with Gasteiger partial charge in [-0.3, -0.25) is 0 Å². The molecule has 0 aromatic heterocycles. The van der Waals surface area contributed by atoms with E-state index in [0.29, 0.717) is 0 Å². The molecule has 0 saturated heterocycles. The summed E-state index contributed by atoms with van der Waals surface area (Å²) in [5.41, 5.74) is 2.21. The molecule has 2 rings (SSSR count). The normalized spacial score (nSPS) is 13.8. The molecular weight excluding hydrogens is 286 g/mol. The zero-order valence-electron chi connectivity index (χ0n) is 14.2. The molecule has 0 unspecified atom stereocenters. The molecule has 0 aliphatic carbocycles. The Morgan fingerprint density at radius 2 is 1.61 bits per heavy atom. The van der Waals surface area contributed by atoms with Crippen molar-refractivity contribution in [3.8, 4) is 5.75 Å². The molecule has 0 amide bonds. The molecule has 0 radical (unpaired) electrons. The summed E-state index contributed by atoms with van der Waals surface area (Å²) in [6, 6.07) is 18.0. The predicted octanol–water partition coefficient (Wildman–Crippen LogP) is 3.73. The van der Waals surface area contributed by atoms with Crippen molar-refractivity contribution in [2.75, 3.05) is 6.54 Å². The Morgan fingerprint density at radius 1 is 0.957 bits per heavy atom. The average molecular weight is 313 g/mol. The zero-order valence-corrected chi connectivity index (χ0v) is 14.2. The molecule has 124 valence electrons. The summed E-state index contributed by atoms with van der Waals surface area (Å²) >= 11 is 0. The second-order valence-electron chi connectivity index (χ2n) is 6.16. The van der Waals surface area contributed by atoms with Crippen molar-refractivity contribution in [2.45, 2.75) is 45.4 Å². The molecule has 3 nitrogen and oxygen atoms in total. The number of ether oxygens (including phenoxy) is 1. The van der Waals surface area contributed by atoms with Crippen molar-refractivity contribution < 1.29 is 9.84 Å². The van der Waals surface area contributed by atoms with Gasteiger partial charge in [-0.2, -0.15) is 0 Å². The van der Waals surface area contributed by atoms with Crippen LogP contribution >= 0.6 is 0 Å². The van der Waals surface area contributed by atoms with Crippen LogP contribution in [0.1, 0.15) is 38.0 Å². The van der Waals surface area contributed by atoms with E-state index in [0.717, 1.165) is 24.3 Å². The Labute approximate surface area is 139 Å².